The first-order chi connectivity index (χ1) is 15.4. The third-order valence-electron chi connectivity index (χ3n) is 4.83. The van der Waals surface area contributed by atoms with Gasteiger partial charge >= 0.3 is 0 Å². The number of nitrogens with zero attached hydrogens (tertiary/aromatic N) is 5. The van der Waals surface area contributed by atoms with Gasteiger partial charge in [0.05, 0.1) is 29.3 Å². The molecular weight excluding hydrogens is 408 g/mol. The molecule has 4 rings (SSSR count). The number of amidine groups is 1. The minimum absolute atomic E-state index is 0.115. The van der Waals surface area contributed by atoms with Gasteiger partial charge in [-0.05, 0) is 35.9 Å². The number of ether oxygens (including phenoxy) is 1. The standard InChI is InChI=1S/C22H22N8O2/c1-29(25)28-19(23)17-11-14(12-26-20(17)32-2)13-8-9-18-16(10-13)21(31)30(22(24)27-18)15-6-4-3-5-7-15/h3-12H,25H2,1-2H3,(H2,23,28)(H2,24,27). The van der Waals surface area contributed by atoms with Crippen LogP contribution >= 0.6 is 0 Å². The minimum atomic E-state index is -0.270. The van der Waals surface area contributed by atoms with Gasteiger partial charge in [0.25, 0.3) is 5.56 Å². The number of methoxy groups -OCH3 is 1. The number of hydrazine groups is 1. The Bertz CT molecular complexity index is 1380. The van der Waals surface area contributed by atoms with E-state index in [4.69, 9.17) is 22.0 Å². The smallest absolute Gasteiger partial charge is 0.267 e. The Kier molecular flexibility index (Phi) is 5.44. The Labute approximate surface area is 183 Å². The fourth-order valence-electron chi connectivity index (χ4n) is 3.39. The average molecular weight is 430 g/mol. The SMILES string of the molecule is COc1ncc(-c2ccc3nc(N)n(-c4ccccc4)c(=O)c3c2)cc1/C(N)=N/N(C)N. The monoisotopic (exact) mass is 430 g/mol. The quantitative estimate of drug-likeness (QED) is 0.186. The molecule has 0 amide bonds. The van der Waals surface area contributed by atoms with Crippen molar-refractivity contribution in [3.8, 4) is 22.7 Å². The van der Waals surface area contributed by atoms with Crippen molar-refractivity contribution < 1.29 is 4.74 Å². The molecule has 2 aromatic heterocycles. The lowest BCUT2D eigenvalue weighted by molar-refractivity contribution is 0.370. The highest BCUT2D eigenvalue weighted by molar-refractivity contribution is 6.00. The first-order valence-corrected chi connectivity index (χ1v) is 9.64. The summed E-state index contributed by atoms with van der Waals surface area (Å²) in [7, 11) is 3.04. The molecular formula is C22H22N8O2. The lowest BCUT2D eigenvalue weighted by Gasteiger charge is -2.13. The van der Waals surface area contributed by atoms with Crippen molar-refractivity contribution in [1.29, 1.82) is 0 Å². The van der Waals surface area contributed by atoms with Crippen molar-refractivity contribution in [1.82, 2.24) is 19.7 Å². The van der Waals surface area contributed by atoms with Gasteiger partial charge in [-0.2, -0.15) is 0 Å². The van der Waals surface area contributed by atoms with Gasteiger partial charge < -0.3 is 16.2 Å². The fraction of sp³-hybridized carbons (Fsp3) is 0.0909. The molecule has 0 bridgehead atoms. The largest absolute Gasteiger partial charge is 0.480 e. The number of pyridine rings is 1. The van der Waals surface area contributed by atoms with Gasteiger partial charge in [0.1, 0.15) is 0 Å². The number of hydrogen-bond acceptors (Lipinski definition) is 8. The molecule has 32 heavy (non-hydrogen) atoms. The van der Waals surface area contributed by atoms with Gasteiger partial charge in [-0.1, -0.05) is 24.3 Å². The molecule has 162 valence electrons. The van der Waals surface area contributed by atoms with Crippen LogP contribution in [0.3, 0.4) is 0 Å². The summed E-state index contributed by atoms with van der Waals surface area (Å²) in [6, 6.07) is 16.2. The Hall–Kier alpha value is -4.44. The Balaban J connectivity index is 1.89. The molecule has 0 radical (unpaired) electrons. The number of para-hydroxylation sites is 1. The zero-order valence-electron chi connectivity index (χ0n) is 17.6. The first-order valence-electron chi connectivity index (χ1n) is 9.64. The van der Waals surface area contributed by atoms with Crippen molar-refractivity contribution in [2.45, 2.75) is 0 Å². The number of nitrogen functional groups attached to an aromatic ring is 1. The second-order valence-electron chi connectivity index (χ2n) is 7.02. The lowest BCUT2D eigenvalue weighted by atomic mass is 10.0. The van der Waals surface area contributed by atoms with Crippen LogP contribution in [0.5, 0.6) is 5.88 Å². The van der Waals surface area contributed by atoms with Crippen LogP contribution in [0.1, 0.15) is 5.56 Å². The van der Waals surface area contributed by atoms with Crippen LogP contribution in [-0.4, -0.2) is 39.6 Å². The van der Waals surface area contributed by atoms with E-state index in [1.165, 1.54) is 11.7 Å². The van der Waals surface area contributed by atoms with E-state index in [9.17, 15) is 4.79 Å². The summed E-state index contributed by atoms with van der Waals surface area (Å²) in [5, 5.41) is 5.53. The number of fused-ring (bicyclic) bond motifs is 1. The normalized spacial score (nSPS) is 11.5. The molecule has 0 aliphatic rings. The van der Waals surface area contributed by atoms with Gasteiger partial charge in [0.2, 0.25) is 11.8 Å². The van der Waals surface area contributed by atoms with Crippen molar-refractivity contribution in [2.24, 2.45) is 16.7 Å². The zero-order chi connectivity index (χ0) is 22.8. The number of hydrogen-bond donors (Lipinski definition) is 3. The minimum Gasteiger partial charge on any atom is -0.480 e. The number of aromatic nitrogens is 3. The van der Waals surface area contributed by atoms with Crippen molar-refractivity contribution >= 4 is 22.7 Å². The highest BCUT2D eigenvalue weighted by Gasteiger charge is 2.15. The van der Waals surface area contributed by atoms with E-state index in [2.05, 4.69) is 15.1 Å². The first kappa shape index (κ1) is 20.8. The number of rotatable bonds is 5. The van der Waals surface area contributed by atoms with Gasteiger partial charge in [0.15, 0.2) is 5.84 Å². The van der Waals surface area contributed by atoms with E-state index in [-0.39, 0.29) is 17.3 Å². The van der Waals surface area contributed by atoms with Gasteiger partial charge in [-0.25, -0.2) is 25.5 Å². The molecule has 0 saturated carbocycles. The summed E-state index contributed by atoms with van der Waals surface area (Å²) in [6.45, 7) is 0. The summed E-state index contributed by atoms with van der Waals surface area (Å²) in [4.78, 5) is 22.0. The molecule has 0 saturated heterocycles. The van der Waals surface area contributed by atoms with E-state index in [1.54, 1.807) is 43.6 Å². The van der Waals surface area contributed by atoms with Crippen molar-refractivity contribution in [3.05, 3.63) is 76.7 Å². The molecule has 4 aromatic rings. The van der Waals surface area contributed by atoms with E-state index in [0.29, 0.717) is 33.6 Å². The Morgan fingerprint density at radius 3 is 2.56 bits per heavy atom. The molecule has 10 nitrogen and oxygen atoms in total. The third kappa shape index (κ3) is 3.82. The molecule has 2 aromatic carbocycles. The number of nitrogens with two attached hydrogens (primary N) is 3. The van der Waals surface area contributed by atoms with Crippen LogP contribution < -0.4 is 27.6 Å². The number of hydrazone groups is 1. The summed E-state index contributed by atoms with van der Waals surface area (Å²) in [5.41, 5.74) is 14.9. The van der Waals surface area contributed by atoms with Crippen molar-refractivity contribution in [3.63, 3.8) is 0 Å². The maximum absolute atomic E-state index is 13.3. The predicted octanol–water partition coefficient (Wildman–Crippen LogP) is 1.46. The summed E-state index contributed by atoms with van der Waals surface area (Å²) >= 11 is 0. The fourth-order valence-corrected chi connectivity index (χ4v) is 3.39. The Morgan fingerprint density at radius 2 is 1.88 bits per heavy atom. The molecule has 0 unspecified atom stereocenters. The van der Waals surface area contributed by atoms with Crippen LogP contribution in [0.4, 0.5) is 5.95 Å². The lowest BCUT2D eigenvalue weighted by Crippen LogP contribution is -2.26. The van der Waals surface area contributed by atoms with Gasteiger partial charge in [0, 0.05) is 18.8 Å². The maximum atomic E-state index is 13.3. The van der Waals surface area contributed by atoms with Crippen LogP contribution in [0.2, 0.25) is 0 Å². The third-order valence-corrected chi connectivity index (χ3v) is 4.83. The van der Waals surface area contributed by atoms with Crippen LogP contribution in [-0.2, 0) is 0 Å². The number of benzene rings is 2. The van der Waals surface area contributed by atoms with Crippen LogP contribution in [0, 0.1) is 0 Å². The predicted molar refractivity (Wildman–Crippen MR) is 124 cm³/mol. The molecule has 2 heterocycles. The van der Waals surface area contributed by atoms with E-state index in [1.807, 2.05) is 24.3 Å². The highest BCUT2D eigenvalue weighted by atomic mass is 16.5. The molecule has 0 atom stereocenters. The molecule has 0 fully saturated rings. The second-order valence-corrected chi connectivity index (χ2v) is 7.02. The number of anilines is 1. The van der Waals surface area contributed by atoms with Gasteiger partial charge in [-0.15, -0.1) is 5.10 Å². The molecule has 0 spiro atoms. The van der Waals surface area contributed by atoms with Crippen LogP contribution in [0.15, 0.2) is 70.7 Å². The maximum Gasteiger partial charge on any atom is 0.267 e. The molecule has 6 N–H and O–H groups in total. The molecule has 0 aliphatic heterocycles. The van der Waals surface area contributed by atoms with Crippen molar-refractivity contribution in [2.75, 3.05) is 19.9 Å². The summed E-state index contributed by atoms with van der Waals surface area (Å²) in [5.74, 6) is 6.14. The van der Waals surface area contributed by atoms with E-state index >= 15 is 0 Å². The molecule has 0 aliphatic carbocycles. The zero-order valence-corrected chi connectivity index (χ0v) is 17.6. The Morgan fingerprint density at radius 1 is 1.12 bits per heavy atom. The second kappa shape index (κ2) is 8.36. The van der Waals surface area contributed by atoms with E-state index < -0.39 is 0 Å². The van der Waals surface area contributed by atoms with Crippen LogP contribution in [0.25, 0.3) is 27.7 Å². The molecule has 10 heteroatoms. The topological polar surface area (TPSA) is 151 Å². The highest BCUT2D eigenvalue weighted by Crippen LogP contribution is 2.26. The average Bonchev–Trinajstić information content (AvgIpc) is 2.79. The van der Waals surface area contributed by atoms with Gasteiger partial charge in [-0.3, -0.25) is 4.79 Å². The van der Waals surface area contributed by atoms with E-state index in [0.717, 1.165) is 10.7 Å². The summed E-state index contributed by atoms with van der Waals surface area (Å²) in [6.07, 6.45) is 1.63. The summed E-state index contributed by atoms with van der Waals surface area (Å²) < 4.78 is 6.68.